The second-order valence-electron chi connectivity index (χ2n) is 8.14. The summed E-state index contributed by atoms with van der Waals surface area (Å²) in [4.78, 5) is 30.7. The number of piperidine rings is 1. The Kier molecular flexibility index (Phi) is 5.77. The molecular formula is C22H22BrClN6O2. The number of amides is 2. The van der Waals surface area contributed by atoms with Gasteiger partial charge >= 0.3 is 0 Å². The van der Waals surface area contributed by atoms with Gasteiger partial charge in [0.05, 0.1) is 16.4 Å². The number of hydrogen-bond acceptors (Lipinski definition) is 5. The van der Waals surface area contributed by atoms with E-state index in [9.17, 15) is 9.59 Å². The monoisotopic (exact) mass is 516 g/mol. The average molecular weight is 518 g/mol. The summed E-state index contributed by atoms with van der Waals surface area (Å²) in [6.07, 6.45) is 4.35. The number of fused-ring (bicyclic) bond motifs is 1. The predicted octanol–water partition coefficient (Wildman–Crippen LogP) is 3.49. The molecule has 4 heterocycles. The molecule has 8 nitrogen and oxygen atoms in total. The first-order valence-electron chi connectivity index (χ1n) is 10.6. The number of anilines is 1. The predicted molar refractivity (Wildman–Crippen MR) is 126 cm³/mol. The van der Waals surface area contributed by atoms with Crippen LogP contribution in [0.4, 0.5) is 5.82 Å². The maximum atomic E-state index is 12.7. The van der Waals surface area contributed by atoms with Gasteiger partial charge in [-0.25, -0.2) is 4.98 Å². The van der Waals surface area contributed by atoms with Crippen molar-refractivity contribution < 1.29 is 9.59 Å². The van der Waals surface area contributed by atoms with Gasteiger partial charge in [-0.05, 0) is 41.3 Å². The zero-order valence-corrected chi connectivity index (χ0v) is 19.6. The van der Waals surface area contributed by atoms with Crippen LogP contribution in [0.1, 0.15) is 25.7 Å². The van der Waals surface area contributed by atoms with Gasteiger partial charge in [0.25, 0.3) is 0 Å². The quantitative estimate of drug-likeness (QED) is 0.553. The zero-order chi connectivity index (χ0) is 22.2. The lowest BCUT2D eigenvalue weighted by Crippen LogP contribution is -2.49. The molecule has 10 heteroatoms. The summed E-state index contributed by atoms with van der Waals surface area (Å²) < 4.78 is 2.57. The van der Waals surface area contributed by atoms with Crippen molar-refractivity contribution in [2.45, 2.75) is 37.8 Å². The van der Waals surface area contributed by atoms with Gasteiger partial charge in [-0.2, -0.15) is 9.61 Å². The molecule has 2 aliphatic heterocycles. The number of hydrogen-bond donors (Lipinski definition) is 2. The van der Waals surface area contributed by atoms with Crippen LogP contribution in [0.3, 0.4) is 0 Å². The molecule has 166 valence electrons. The highest BCUT2D eigenvalue weighted by molar-refractivity contribution is 9.10. The summed E-state index contributed by atoms with van der Waals surface area (Å²) in [5, 5.41) is 11.4. The first-order valence-corrected chi connectivity index (χ1v) is 11.8. The van der Waals surface area contributed by atoms with E-state index in [2.05, 4.69) is 31.7 Å². The van der Waals surface area contributed by atoms with Crippen molar-refractivity contribution in [1.29, 1.82) is 0 Å². The van der Waals surface area contributed by atoms with E-state index in [4.69, 9.17) is 16.6 Å². The Morgan fingerprint density at radius 3 is 2.72 bits per heavy atom. The van der Waals surface area contributed by atoms with E-state index in [0.717, 1.165) is 34.4 Å². The van der Waals surface area contributed by atoms with Crippen molar-refractivity contribution >= 4 is 50.8 Å². The summed E-state index contributed by atoms with van der Waals surface area (Å²) >= 11 is 9.95. The number of nitrogens with zero attached hydrogens (tertiary/aromatic N) is 4. The highest BCUT2D eigenvalue weighted by Gasteiger charge is 2.32. The summed E-state index contributed by atoms with van der Waals surface area (Å²) in [6.45, 7) is 1.30. The summed E-state index contributed by atoms with van der Waals surface area (Å²) in [7, 11) is 0. The van der Waals surface area contributed by atoms with Crippen LogP contribution in [0.25, 0.3) is 16.9 Å². The maximum Gasteiger partial charge on any atom is 0.245 e. The van der Waals surface area contributed by atoms with Crippen LogP contribution in [-0.4, -0.2) is 56.5 Å². The highest BCUT2D eigenvalue weighted by atomic mass is 79.9. The van der Waals surface area contributed by atoms with Crippen LogP contribution in [0.5, 0.6) is 0 Å². The molecule has 0 bridgehead atoms. The van der Waals surface area contributed by atoms with E-state index in [1.807, 2.05) is 35.2 Å². The van der Waals surface area contributed by atoms with E-state index in [1.165, 1.54) is 0 Å². The molecule has 3 aromatic rings. The van der Waals surface area contributed by atoms with Crippen molar-refractivity contribution in [1.82, 2.24) is 24.8 Å². The number of carbonyl (C=O) groups excluding carboxylic acids is 2. The number of aromatic nitrogens is 3. The normalized spacial score (nSPS) is 19.4. The van der Waals surface area contributed by atoms with E-state index >= 15 is 0 Å². The van der Waals surface area contributed by atoms with Crippen LogP contribution in [0, 0.1) is 0 Å². The van der Waals surface area contributed by atoms with E-state index < -0.39 is 0 Å². The maximum absolute atomic E-state index is 12.7. The van der Waals surface area contributed by atoms with Crippen molar-refractivity contribution in [3.8, 4) is 11.3 Å². The summed E-state index contributed by atoms with van der Waals surface area (Å²) in [5.41, 5.74) is 2.32. The number of likely N-dealkylation sites (tertiary alicyclic amines) is 1. The lowest BCUT2D eigenvalue weighted by Gasteiger charge is -2.34. The average Bonchev–Trinajstić information content (AvgIpc) is 3.40. The minimum atomic E-state index is -0.369. The van der Waals surface area contributed by atoms with Crippen LogP contribution in [0.15, 0.2) is 41.0 Å². The number of benzene rings is 1. The van der Waals surface area contributed by atoms with Gasteiger partial charge in [0.15, 0.2) is 5.65 Å². The smallest absolute Gasteiger partial charge is 0.245 e. The zero-order valence-electron chi connectivity index (χ0n) is 17.2. The summed E-state index contributed by atoms with van der Waals surface area (Å²) in [6, 6.07) is 9.40. The molecule has 2 saturated heterocycles. The molecule has 2 amide bonds. The molecule has 32 heavy (non-hydrogen) atoms. The second-order valence-corrected chi connectivity index (χ2v) is 9.40. The second kappa shape index (κ2) is 8.71. The first-order chi connectivity index (χ1) is 15.5. The fourth-order valence-corrected chi connectivity index (χ4v) is 4.90. The number of nitrogens with one attached hydrogen (secondary N) is 2. The van der Waals surface area contributed by atoms with E-state index in [0.29, 0.717) is 36.6 Å². The molecule has 1 aromatic carbocycles. The molecule has 1 unspecified atom stereocenters. The Balaban J connectivity index is 1.34. The molecule has 1 atom stereocenters. The minimum absolute atomic E-state index is 0.0256. The molecule has 2 aliphatic rings. The van der Waals surface area contributed by atoms with Gasteiger partial charge in [0.1, 0.15) is 11.9 Å². The van der Waals surface area contributed by atoms with Crippen molar-refractivity contribution in [3.05, 3.63) is 46.0 Å². The molecule has 0 radical (unpaired) electrons. The molecule has 5 rings (SSSR count). The fourth-order valence-electron chi connectivity index (χ4n) is 4.32. The third-order valence-electron chi connectivity index (χ3n) is 6.03. The van der Waals surface area contributed by atoms with Crippen molar-refractivity contribution in [2.24, 2.45) is 0 Å². The van der Waals surface area contributed by atoms with Crippen molar-refractivity contribution in [3.63, 3.8) is 0 Å². The standard InChI is InChI=1S/C22H22BrClN6O2/c23-15-12-25-30-19(11-18(28-21(15)30)14-3-1-2-4-16(14)24)26-13-7-9-29(10-8-13)22(32)17-5-6-20(31)27-17/h1-4,11-13,17,26H,5-10H2,(H,27,31). The largest absolute Gasteiger partial charge is 0.367 e. The molecule has 0 spiro atoms. The molecule has 2 aromatic heterocycles. The van der Waals surface area contributed by atoms with Gasteiger partial charge in [-0.15, -0.1) is 0 Å². The Labute approximate surface area is 198 Å². The van der Waals surface area contributed by atoms with Gasteiger partial charge in [-0.3, -0.25) is 9.59 Å². The lowest BCUT2D eigenvalue weighted by molar-refractivity contribution is -0.135. The van der Waals surface area contributed by atoms with Gasteiger partial charge in [-0.1, -0.05) is 29.8 Å². The number of halogens is 2. The Morgan fingerprint density at radius 2 is 2.00 bits per heavy atom. The first kappa shape index (κ1) is 21.2. The number of rotatable bonds is 4. The molecular weight excluding hydrogens is 496 g/mol. The molecule has 0 saturated carbocycles. The van der Waals surface area contributed by atoms with Gasteiger partial charge < -0.3 is 15.5 Å². The van der Waals surface area contributed by atoms with Gasteiger partial charge in [0, 0.05) is 42.2 Å². The Morgan fingerprint density at radius 1 is 1.22 bits per heavy atom. The van der Waals surface area contributed by atoms with Crippen LogP contribution >= 0.6 is 27.5 Å². The van der Waals surface area contributed by atoms with Crippen LogP contribution in [-0.2, 0) is 9.59 Å². The topological polar surface area (TPSA) is 91.6 Å². The Bertz CT molecular complexity index is 1190. The van der Waals surface area contributed by atoms with Crippen molar-refractivity contribution in [2.75, 3.05) is 18.4 Å². The Hall–Kier alpha value is -2.65. The van der Waals surface area contributed by atoms with E-state index in [-0.39, 0.29) is 23.9 Å². The third-order valence-corrected chi connectivity index (χ3v) is 6.92. The van der Waals surface area contributed by atoms with Gasteiger partial charge in [0.2, 0.25) is 11.8 Å². The summed E-state index contributed by atoms with van der Waals surface area (Å²) in [5.74, 6) is 0.808. The molecule has 2 N–H and O–H groups in total. The SMILES string of the molecule is O=C1CCC(C(=O)N2CCC(Nc3cc(-c4ccccc4Cl)nc4c(Br)cnn34)CC2)N1. The van der Waals surface area contributed by atoms with Crippen LogP contribution < -0.4 is 10.6 Å². The van der Waals surface area contributed by atoms with Crippen LogP contribution in [0.2, 0.25) is 5.02 Å². The minimum Gasteiger partial charge on any atom is -0.367 e. The lowest BCUT2D eigenvalue weighted by atomic mass is 10.0. The molecule has 2 fully saturated rings. The third kappa shape index (κ3) is 4.06. The highest BCUT2D eigenvalue weighted by Crippen LogP contribution is 2.31. The fraction of sp³-hybridized carbons (Fsp3) is 0.364. The number of carbonyl (C=O) groups is 2. The molecule has 0 aliphatic carbocycles. The van der Waals surface area contributed by atoms with E-state index in [1.54, 1.807) is 10.7 Å².